The Hall–Kier alpha value is -2.87. The van der Waals surface area contributed by atoms with Crippen LogP contribution in [0, 0.1) is 5.92 Å². The van der Waals surface area contributed by atoms with E-state index in [2.05, 4.69) is 26.6 Å². The first-order valence-corrected chi connectivity index (χ1v) is 10.2. The zero-order valence-electron chi connectivity index (χ0n) is 15.6. The van der Waals surface area contributed by atoms with Crippen LogP contribution in [0.1, 0.15) is 18.4 Å². The van der Waals surface area contributed by atoms with E-state index < -0.39 is 0 Å². The third kappa shape index (κ3) is 4.76. The van der Waals surface area contributed by atoms with Gasteiger partial charge in [0.25, 0.3) is 5.91 Å². The molecule has 0 spiro atoms. The quantitative estimate of drug-likeness (QED) is 0.697. The minimum atomic E-state index is -0.276. The molecule has 2 N–H and O–H groups in total. The summed E-state index contributed by atoms with van der Waals surface area (Å²) in [4.78, 5) is 38.0. The zero-order valence-corrected chi connectivity index (χ0v) is 17.2. The molecule has 1 saturated carbocycles. The molecule has 4 rings (SSSR count). The van der Waals surface area contributed by atoms with Crippen molar-refractivity contribution in [3.05, 3.63) is 52.5 Å². The Morgan fingerprint density at radius 2 is 2.00 bits per heavy atom. The fourth-order valence-corrected chi connectivity index (χ4v) is 3.44. The molecule has 0 saturated heterocycles. The summed E-state index contributed by atoms with van der Waals surface area (Å²) in [5, 5.41) is 5.73. The lowest BCUT2D eigenvalue weighted by Gasteiger charge is -2.29. The summed E-state index contributed by atoms with van der Waals surface area (Å²) in [7, 11) is 0. The lowest BCUT2D eigenvalue weighted by atomic mass is 10.2. The SMILES string of the molecule is O=C(CN1C(=O)COc2cc(Br)ccc21)NCc1cccc(NC(=O)C2CC2)c1. The van der Waals surface area contributed by atoms with Crippen molar-refractivity contribution in [3.63, 3.8) is 0 Å². The number of halogens is 1. The maximum Gasteiger partial charge on any atom is 0.265 e. The molecule has 0 bridgehead atoms. The molecule has 150 valence electrons. The molecular formula is C21H20BrN3O4. The number of fused-ring (bicyclic) bond motifs is 1. The number of ether oxygens (including phenoxy) is 1. The highest BCUT2D eigenvalue weighted by atomic mass is 79.9. The molecule has 1 heterocycles. The summed E-state index contributed by atoms with van der Waals surface area (Å²) in [6.45, 7) is 0.117. The van der Waals surface area contributed by atoms with Crippen LogP contribution in [0.2, 0.25) is 0 Å². The van der Waals surface area contributed by atoms with E-state index in [0.717, 1.165) is 28.6 Å². The van der Waals surface area contributed by atoms with Crippen molar-refractivity contribution in [2.75, 3.05) is 23.4 Å². The molecular weight excluding hydrogens is 438 g/mol. The van der Waals surface area contributed by atoms with E-state index in [0.29, 0.717) is 18.0 Å². The minimum absolute atomic E-state index is 0.0438. The van der Waals surface area contributed by atoms with Crippen LogP contribution in [0.5, 0.6) is 5.75 Å². The van der Waals surface area contributed by atoms with Crippen LogP contribution in [-0.4, -0.2) is 30.9 Å². The Kier molecular flexibility index (Phi) is 5.53. The molecule has 1 aliphatic heterocycles. The van der Waals surface area contributed by atoms with Gasteiger partial charge in [-0.15, -0.1) is 0 Å². The van der Waals surface area contributed by atoms with Crippen molar-refractivity contribution in [2.45, 2.75) is 19.4 Å². The molecule has 1 aliphatic carbocycles. The van der Waals surface area contributed by atoms with Gasteiger partial charge >= 0.3 is 0 Å². The average molecular weight is 458 g/mol. The van der Waals surface area contributed by atoms with E-state index in [4.69, 9.17) is 4.74 Å². The summed E-state index contributed by atoms with van der Waals surface area (Å²) in [5.41, 5.74) is 2.16. The van der Waals surface area contributed by atoms with E-state index in [1.165, 1.54) is 4.90 Å². The first kappa shape index (κ1) is 19.4. The predicted octanol–water partition coefficient (Wildman–Crippen LogP) is 2.84. The van der Waals surface area contributed by atoms with Gasteiger partial charge in [-0.2, -0.15) is 0 Å². The molecule has 8 heteroatoms. The molecule has 29 heavy (non-hydrogen) atoms. The van der Waals surface area contributed by atoms with Crippen LogP contribution in [0.15, 0.2) is 46.9 Å². The summed E-state index contributed by atoms with van der Waals surface area (Å²) in [6, 6.07) is 12.7. The predicted molar refractivity (Wildman–Crippen MR) is 112 cm³/mol. The normalized spacial score (nSPS) is 15.3. The summed E-state index contributed by atoms with van der Waals surface area (Å²) >= 11 is 3.37. The Labute approximate surface area is 176 Å². The van der Waals surface area contributed by atoms with E-state index in [1.54, 1.807) is 18.2 Å². The molecule has 0 aromatic heterocycles. The fourth-order valence-electron chi connectivity index (χ4n) is 3.10. The zero-order chi connectivity index (χ0) is 20.4. The molecule has 0 unspecified atom stereocenters. The minimum Gasteiger partial charge on any atom is -0.482 e. The highest BCUT2D eigenvalue weighted by molar-refractivity contribution is 9.10. The van der Waals surface area contributed by atoms with Crippen molar-refractivity contribution in [3.8, 4) is 5.75 Å². The van der Waals surface area contributed by atoms with Gasteiger partial charge in [0.1, 0.15) is 12.3 Å². The molecule has 7 nitrogen and oxygen atoms in total. The van der Waals surface area contributed by atoms with Gasteiger partial charge in [-0.3, -0.25) is 19.3 Å². The molecule has 2 aromatic carbocycles. The van der Waals surface area contributed by atoms with E-state index in [-0.39, 0.29) is 36.8 Å². The largest absolute Gasteiger partial charge is 0.482 e. The number of amides is 3. The lowest BCUT2D eigenvalue weighted by Crippen LogP contribution is -2.45. The Balaban J connectivity index is 1.36. The lowest BCUT2D eigenvalue weighted by molar-refractivity contribution is -0.125. The van der Waals surface area contributed by atoms with Crippen LogP contribution in [-0.2, 0) is 20.9 Å². The average Bonchev–Trinajstić information content (AvgIpc) is 3.54. The molecule has 1 fully saturated rings. The van der Waals surface area contributed by atoms with Gasteiger partial charge in [0, 0.05) is 22.6 Å². The maximum absolute atomic E-state index is 12.4. The van der Waals surface area contributed by atoms with Gasteiger partial charge in [0.15, 0.2) is 6.61 Å². The molecule has 0 radical (unpaired) electrons. The number of hydrogen-bond donors (Lipinski definition) is 2. The summed E-state index contributed by atoms with van der Waals surface area (Å²) < 4.78 is 6.27. The van der Waals surface area contributed by atoms with Crippen LogP contribution < -0.4 is 20.3 Å². The third-order valence-corrected chi connectivity index (χ3v) is 5.29. The number of benzene rings is 2. The van der Waals surface area contributed by atoms with Crippen molar-refractivity contribution in [2.24, 2.45) is 5.92 Å². The number of hydrogen-bond acceptors (Lipinski definition) is 4. The van der Waals surface area contributed by atoms with E-state index in [9.17, 15) is 14.4 Å². The van der Waals surface area contributed by atoms with Gasteiger partial charge in [-0.25, -0.2) is 0 Å². The molecule has 2 aliphatic rings. The Bertz CT molecular complexity index is 974. The second kappa shape index (κ2) is 8.24. The highest BCUT2D eigenvalue weighted by Crippen LogP contribution is 2.34. The van der Waals surface area contributed by atoms with Gasteiger partial charge < -0.3 is 15.4 Å². The van der Waals surface area contributed by atoms with Gasteiger partial charge in [0.2, 0.25) is 11.8 Å². The number of carbonyl (C=O) groups is 3. The molecule has 2 aromatic rings. The standard InChI is InChI=1S/C21H20BrN3O4/c22-15-6-7-17-18(9-15)29-12-20(27)25(17)11-19(26)23-10-13-2-1-3-16(8-13)24-21(28)14-4-5-14/h1-3,6-9,14H,4-5,10-12H2,(H,23,26)(H,24,28). The number of rotatable bonds is 6. The first-order chi connectivity index (χ1) is 14.0. The topological polar surface area (TPSA) is 87.7 Å². The maximum atomic E-state index is 12.4. The second-order valence-corrected chi connectivity index (χ2v) is 8.04. The van der Waals surface area contributed by atoms with Crippen molar-refractivity contribution in [1.29, 1.82) is 0 Å². The monoisotopic (exact) mass is 457 g/mol. The summed E-state index contributed by atoms with van der Waals surface area (Å²) in [5.74, 6) is 0.197. The molecule has 3 amide bonds. The fraction of sp³-hybridized carbons (Fsp3) is 0.286. The second-order valence-electron chi connectivity index (χ2n) is 7.12. The van der Waals surface area contributed by atoms with Gasteiger partial charge in [-0.1, -0.05) is 28.1 Å². The van der Waals surface area contributed by atoms with Gasteiger partial charge in [-0.05, 0) is 48.7 Å². The van der Waals surface area contributed by atoms with Crippen LogP contribution in [0.25, 0.3) is 0 Å². The van der Waals surface area contributed by atoms with Crippen LogP contribution in [0.4, 0.5) is 11.4 Å². The first-order valence-electron chi connectivity index (χ1n) is 9.39. The molecule has 0 atom stereocenters. The van der Waals surface area contributed by atoms with Crippen LogP contribution >= 0.6 is 15.9 Å². The number of nitrogens with zero attached hydrogens (tertiary/aromatic N) is 1. The van der Waals surface area contributed by atoms with E-state index in [1.807, 2.05) is 24.3 Å². The Morgan fingerprint density at radius 3 is 2.79 bits per heavy atom. The van der Waals surface area contributed by atoms with E-state index >= 15 is 0 Å². The highest BCUT2D eigenvalue weighted by Gasteiger charge is 2.29. The van der Waals surface area contributed by atoms with Gasteiger partial charge in [0.05, 0.1) is 5.69 Å². The number of carbonyl (C=O) groups excluding carboxylic acids is 3. The third-order valence-electron chi connectivity index (χ3n) is 4.80. The van der Waals surface area contributed by atoms with Crippen molar-refractivity contribution >= 4 is 45.0 Å². The smallest absolute Gasteiger partial charge is 0.265 e. The Morgan fingerprint density at radius 1 is 1.17 bits per heavy atom. The number of nitrogens with one attached hydrogen (secondary N) is 2. The van der Waals surface area contributed by atoms with Crippen molar-refractivity contribution in [1.82, 2.24) is 5.32 Å². The summed E-state index contributed by atoms with van der Waals surface area (Å²) in [6.07, 6.45) is 1.89. The number of anilines is 2. The van der Waals surface area contributed by atoms with Crippen molar-refractivity contribution < 1.29 is 19.1 Å². The van der Waals surface area contributed by atoms with Crippen LogP contribution in [0.3, 0.4) is 0 Å².